The fourth-order valence-electron chi connectivity index (χ4n) is 2.08. The highest BCUT2D eigenvalue weighted by atomic mass is 16.5. The van der Waals surface area contributed by atoms with Gasteiger partial charge < -0.3 is 4.74 Å². The van der Waals surface area contributed by atoms with Crippen LogP contribution in [0.25, 0.3) is 0 Å². The van der Waals surface area contributed by atoms with Crippen LogP contribution in [0.4, 0.5) is 5.69 Å². The lowest BCUT2D eigenvalue weighted by Gasteiger charge is -2.32. The van der Waals surface area contributed by atoms with Crippen molar-refractivity contribution in [3.8, 4) is 5.75 Å². The zero-order valence-corrected chi connectivity index (χ0v) is 12.6. The average Bonchev–Trinajstić information content (AvgIpc) is 2.60. The standard InChI is InChI=1S/C16H22N2O2/c1-11(2)10-20-14-8-6-7-13(9-14)18-16(4,5)12(3)15(19)17-18/h6-9,11H,3,10H2,1-2,4-5H3,(H,17,19). The normalized spacial score (nSPS) is 17.6. The van der Waals surface area contributed by atoms with E-state index in [1.54, 1.807) is 0 Å². The van der Waals surface area contributed by atoms with Crippen LogP contribution in [-0.2, 0) is 4.79 Å². The van der Waals surface area contributed by atoms with Crippen molar-refractivity contribution in [1.82, 2.24) is 5.43 Å². The van der Waals surface area contributed by atoms with Crippen molar-refractivity contribution in [2.45, 2.75) is 33.2 Å². The van der Waals surface area contributed by atoms with Gasteiger partial charge in [-0.2, -0.15) is 0 Å². The van der Waals surface area contributed by atoms with Gasteiger partial charge in [-0.05, 0) is 31.9 Å². The highest BCUT2D eigenvalue weighted by Gasteiger charge is 2.41. The van der Waals surface area contributed by atoms with Crippen LogP contribution in [0.5, 0.6) is 5.75 Å². The quantitative estimate of drug-likeness (QED) is 0.858. The maximum atomic E-state index is 11.8. The number of nitrogens with zero attached hydrogens (tertiary/aromatic N) is 1. The van der Waals surface area contributed by atoms with Crippen molar-refractivity contribution in [3.63, 3.8) is 0 Å². The summed E-state index contributed by atoms with van der Waals surface area (Å²) in [6.07, 6.45) is 0. The van der Waals surface area contributed by atoms with Crippen LogP contribution >= 0.6 is 0 Å². The van der Waals surface area contributed by atoms with Crippen LogP contribution in [0.15, 0.2) is 36.4 Å². The van der Waals surface area contributed by atoms with Crippen LogP contribution in [0.2, 0.25) is 0 Å². The van der Waals surface area contributed by atoms with Crippen LogP contribution in [0.3, 0.4) is 0 Å². The summed E-state index contributed by atoms with van der Waals surface area (Å²) in [6.45, 7) is 12.7. The Hall–Kier alpha value is -1.97. The largest absolute Gasteiger partial charge is 0.493 e. The lowest BCUT2D eigenvalue weighted by atomic mass is 9.96. The second-order valence-electron chi connectivity index (χ2n) is 6.02. The first-order valence-electron chi connectivity index (χ1n) is 6.86. The summed E-state index contributed by atoms with van der Waals surface area (Å²) in [7, 11) is 0. The minimum atomic E-state index is -0.451. The smallest absolute Gasteiger partial charge is 0.267 e. The summed E-state index contributed by atoms with van der Waals surface area (Å²) < 4.78 is 5.73. The van der Waals surface area contributed by atoms with Crippen molar-refractivity contribution in [2.75, 3.05) is 11.6 Å². The molecule has 0 aliphatic carbocycles. The second kappa shape index (κ2) is 5.19. The zero-order chi connectivity index (χ0) is 14.9. The van der Waals surface area contributed by atoms with Gasteiger partial charge in [-0.3, -0.25) is 15.2 Å². The Morgan fingerprint density at radius 3 is 2.65 bits per heavy atom. The highest BCUT2D eigenvalue weighted by molar-refractivity contribution is 6.00. The number of amides is 1. The van der Waals surface area contributed by atoms with E-state index in [1.165, 1.54) is 0 Å². The SMILES string of the molecule is C=C1C(=O)NN(c2cccc(OCC(C)C)c2)C1(C)C. The van der Waals surface area contributed by atoms with E-state index in [2.05, 4.69) is 25.9 Å². The molecule has 108 valence electrons. The van der Waals surface area contributed by atoms with Crippen molar-refractivity contribution >= 4 is 11.6 Å². The van der Waals surface area contributed by atoms with Gasteiger partial charge in [0, 0.05) is 11.6 Å². The molecule has 2 rings (SSSR count). The molecule has 0 bridgehead atoms. The average molecular weight is 274 g/mol. The first-order chi connectivity index (χ1) is 9.32. The number of carbonyl (C=O) groups is 1. The van der Waals surface area contributed by atoms with Crippen molar-refractivity contribution in [3.05, 3.63) is 36.4 Å². The van der Waals surface area contributed by atoms with E-state index < -0.39 is 5.54 Å². The number of carbonyl (C=O) groups excluding carboxylic acids is 1. The first kappa shape index (κ1) is 14.4. The number of hydrogen-bond acceptors (Lipinski definition) is 3. The maximum Gasteiger partial charge on any atom is 0.267 e. The summed E-state index contributed by atoms with van der Waals surface area (Å²) in [4.78, 5) is 11.8. The minimum Gasteiger partial charge on any atom is -0.493 e. The first-order valence-corrected chi connectivity index (χ1v) is 6.86. The second-order valence-corrected chi connectivity index (χ2v) is 6.02. The molecule has 1 aliphatic rings. The van der Waals surface area contributed by atoms with Crippen molar-refractivity contribution in [2.24, 2.45) is 5.92 Å². The molecule has 1 heterocycles. The fraction of sp³-hybridized carbons (Fsp3) is 0.438. The summed E-state index contributed by atoms with van der Waals surface area (Å²) in [6, 6.07) is 7.73. The van der Waals surface area contributed by atoms with E-state index in [9.17, 15) is 4.79 Å². The predicted octanol–water partition coefficient (Wildman–Crippen LogP) is 2.91. The number of rotatable bonds is 4. The predicted molar refractivity (Wildman–Crippen MR) is 80.6 cm³/mol. The highest BCUT2D eigenvalue weighted by Crippen LogP contribution is 2.33. The molecule has 0 spiro atoms. The number of hydrazine groups is 1. The number of anilines is 1. The van der Waals surface area contributed by atoms with Crippen molar-refractivity contribution in [1.29, 1.82) is 0 Å². The summed E-state index contributed by atoms with van der Waals surface area (Å²) in [5.41, 5.74) is 3.84. The molecule has 0 saturated carbocycles. The molecule has 1 saturated heterocycles. The van der Waals surface area contributed by atoms with Gasteiger partial charge in [-0.25, -0.2) is 0 Å². The molecule has 1 aliphatic heterocycles. The molecule has 0 aromatic heterocycles. The Bertz CT molecular complexity index is 535. The molecule has 1 amide bonds. The maximum absolute atomic E-state index is 11.8. The van der Waals surface area contributed by atoms with Gasteiger partial charge >= 0.3 is 0 Å². The molecule has 20 heavy (non-hydrogen) atoms. The minimum absolute atomic E-state index is 0.136. The molecule has 4 nitrogen and oxygen atoms in total. The van der Waals surface area contributed by atoms with E-state index in [0.29, 0.717) is 18.1 Å². The molecule has 0 radical (unpaired) electrons. The van der Waals surface area contributed by atoms with E-state index in [0.717, 1.165) is 11.4 Å². The van der Waals surface area contributed by atoms with E-state index in [4.69, 9.17) is 4.74 Å². The van der Waals surface area contributed by atoms with Gasteiger partial charge in [-0.1, -0.05) is 26.5 Å². The lowest BCUT2D eigenvalue weighted by molar-refractivity contribution is -0.116. The molecular weight excluding hydrogens is 252 g/mol. The third kappa shape index (κ3) is 2.64. The molecule has 1 aromatic carbocycles. The number of benzene rings is 1. The molecule has 0 unspecified atom stereocenters. The Kier molecular flexibility index (Phi) is 3.75. The summed E-state index contributed by atoms with van der Waals surface area (Å²) >= 11 is 0. The molecule has 1 N–H and O–H groups in total. The Balaban J connectivity index is 2.23. The molecular formula is C16H22N2O2. The monoisotopic (exact) mass is 274 g/mol. The number of nitrogens with one attached hydrogen (secondary N) is 1. The fourth-order valence-corrected chi connectivity index (χ4v) is 2.08. The van der Waals surface area contributed by atoms with E-state index in [1.807, 2.05) is 43.1 Å². The summed E-state index contributed by atoms with van der Waals surface area (Å²) in [5, 5.41) is 1.83. The Labute approximate surface area is 120 Å². The molecule has 1 fully saturated rings. The Morgan fingerprint density at radius 1 is 1.40 bits per heavy atom. The number of hydrogen-bond donors (Lipinski definition) is 1. The van der Waals surface area contributed by atoms with Gasteiger partial charge in [-0.15, -0.1) is 0 Å². The topological polar surface area (TPSA) is 41.6 Å². The third-order valence-electron chi connectivity index (χ3n) is 3.44. The van der Waals surface area contributed by atoms with Gasteiger partial charge in [0.15, 0.2) is 0 Å². The molecule has 1 aromatic rings. The van der Waals surface area contributed by atoms with E-state index >= 15 is 0 Å². The number of ether oxygens (including phenoxy) is 1. The zero-order valence-electron chi connectivity index (χ0n) is 12.6. The van der Waals surface area contributed by atoms with Gasteiger partial charge in [0.2, 0.25) is 0 Å². The van der Waals surface area contributed by atoms with Crippen LogP contribution in [0, 0.1) is 5.92 Å². The Morgan fingerprint density at radius 2 is 2.10 bits per heavy atom. The summed E-state index contributed by atoms with van der Waals surface area (Å²) in [5.74, 6) is 1.14. The van der Waals surface area contributed by atoms with Gasteiger partial charge in [0.1, 0.15) is 5.75 Å². The van der Waals surface area contributed by atoms with Gasteiger partial charge in [0.25, 0.3) is 5.91 Å². The van der Waals surface area contributed by atoms with Crippen LogP contribution < -0.4 is 15.2 Å². The van der Waals surface area contributed by atoms with Crippen LogP contribution in [-0.4, -0.2) is 18.1 Å². The van der Waals surface area contributed by atoms with Gasteiger partial charge in [0.05, 0.1) is 17.8 Å². The van der Waals surface area contributed by atoms with Crippen molar-refractivity contribution < 1.29 is 9.53 Å². The lowest BCUT2D eigenvalue weighted by Crippen LogP contribution is -2.44. The molecule has 0 atom stereocenters. The van der Waals surface area contributed by atoms with Crippen LogP contribution in [0.1, 0.15) is 27.7 Å². The van der Waals surface area contributed by atoms with E-state index in [-0.39, 0.29) is 5.91 Å². The third-order valence-corrected chi connectivity index (χ3v) is 3.44. The molecule has 4 heteroatoms.